The molecule has 0 aliphatic heterocycles. The number of amides is 1. The van der Waals surface area contributed by atoms with E-state index < -0.39 is 5.91 Å². The largest absolute Gasteiger partial charge is 0.281 e. The summed E-state index contributed by atoms with van der Waals surface area (Å²) in [6.07, 6.45) is 3.25. The van der Waals surface area contributed by atoms with Crippen molar-refractivity contribution in [1.82, 2.24) is 9.66 Å². The topological polar surface area (TPSA) is 64.0 Å². The summed E-state index contributed by atoms with van der Waals surface area (Å²) in [4.78, 5) is 32.9. The molecule has 4 rings (SSSR count). The Morgan fingerprint density at radius 3 is 2.69 bits per heavy atom. The lowest BCUT2D eigenvalue weighted by Crippen LogP contribution is -2.33. The second-order valence-corrected chi connectivity index (χ2v) is 8.78. The minimum absolute atomic E-state index is 0.301. The maximum absolute atomic E-state index is 13.2. The fraction of sp³-hybridized carbons (Fsp3) is 0.0952. The summed E-state index contributed by atoms with van der Waals surface area (Å²) in [6.45, 7) is 1.96. The number of carbonyl (C=O) groups excluding carboxylic acids is 1. The molecule has 0 saturated carbocycles. The molecule has 0 aliphatic rings. The summed E-state index contributed by atoms with van der Waals surface area (Å²) < 4.78 is 1.12. The molecule has 2 aromatic heterocycles. The van der Waals surface area contributed by atoms with Gasteiger partial charge in [0.15, 0.2) is 0 Å². The Morgan fingerprint density at radius 1 is 1.21 bits per heavy atom. The first-order chi connectivity index (χ1) is 14.0. The highest BCUT2D eigenvalue weighted by molar-refractivity contribution is 7.98. The van der Waals surface area contributed by atoms with Crippen molar-refractivity contribution in [2.24, 2.45) is 0 Å². The van der Waals surface area contributed by atoms with Gasteiger partial charge in [-0.2, -0.15) is 0 Å². The van der Waals surface area contributed by atoms with E-state index in [1.54, 1.807) is 12.1 Å². The van der Waals surface area contributed by atoms with Gasteiger partial charge in [0.2, 0.25) is 0 Å². The maximum Gasteiger partial charge on any atom is 0.281 e. The third-order valence-electron chi connectivity index (χ3n) is 4.49. The highest BCUT2D eigenvalue weighted by atomic mass is 35.5. The van der Waals surface area contributed by atoms with Gasteiger partial charge in [-0.3, -0.25) is 15.0 Å². The fourth-order valence-corrected chi connectivity index (χ4v) is 4.76. The lowest BCUT2D eigenvalue weighted by atomic mass is 10.0. The molecule has 0 spiro atoms. The van der Waals surface area contributed by atoms with Gasteiger partial charge in [-0.05, 0) is 36.9 Å². The summed E-state index contributed by atoms with van der Waals surface area (Å²) in [6, 6.07) is 14.9. The van der Waals surface area contributed by atoms with Gasteiger partial charge in [0.05, 0.1) is 16.0 Å². The molecule has 0 bridgehead atoms. The standard InChI is InChI=1S/C21H16ClN3O2S2/c1-12-17(13-6-4-3-5-7-13)18-20(29-12)23-11-25(21(18)27)24-19(26)15-10-14(28-2)8-9-16(15)22/h3-11H,1-2H3,(H,24,26). The second-order valence-electron chi connectivity index (χ2n) is 6.29. The number of thioether (sulfide) groups is 1. The number of carbonyl (C=O) groups is 1. The van der Waals surface area contributed by atoms with Crippen LogP contribution >= 0.6 is 34.7 Å². The third kappa shape index (κ3) is 3.69. The van der Waals surface area contributed by atoms with Crippen LogP contribution in [-0.4, -0.2) is 21.8 Å². The average Bonchev–Trinajstić information content (AvgIpc) is 3.07. The summed E-state index contributed by atoms with van der Waals surface area (Å²) in [5, 5.41) is 0.809. The average molecular weight is 442 g/mol. The van der Waals surface area contributed by atoms with E-state index >= 15 is 0 Å². The molecule has 146 valence electrons. The highest BCUT2D eigenvalue weighted by Gasteiger charge is 2.18. The number of halogens is 1. The molecule has 0 aliphatic carbocycles. The highest BCUT2D eigenvalue weighted by Crippen LogP contribution is 2.35. The molecule has 29 heavy (non-hydrogen) atoms. The molecule has 0 atom stereocenters. The third-order valence-corrected chi connectivity index (χ3v) is 6.56. The summed E-state index contributed by atoms with van der Waals surface area (Å²) in [5.41, 5.74) is 4.37. The van der Waals surface area contributed by atoms with Crippen LogP contribution in [0, 0.1) is 6.92 Å². The number of thiophene rings is 1. The first kappa shape index (κ1) is 19.7. The van der Waals surface area contributed by atoms with Crippen molar-refractivity contribution >= 4 is 50.8 Å². The van der Waals surface area contributed by atoms with E-state index in [0.29, 0.717) is 20.8 Å². The van der Waals surface area contributed by atoms with Gasteiger partial charge in [0, 0.05) is 15.3 Å². The molecule has 5 nitrogen and oxygen atoms in total. The molecule has 2 heterocycles. The minimum Gasteiger partial charge on any atom is -0.267 e. The summed E-state index contributed by atoms with van der Waals surface area (Å²) in [7, 11) is 0. The Hall–Kier alpha value is -2.61. The van der Waals surface area contributed by atoms with Crippen LogP contribution < -0.4 is 11.0 Å². The Balaban J connectivity index is 1.79. The lowest BCUT2D eigenvalue weighted by molar-refractivity contribution is 0.101. The van der Waals surface area contributed by atoms with Crippen molar-refractivity contribution in [1.29, 1.82) is 0 Å². The predicted molar refractivity (Wildman–Crippen MR) is 121 cm³/mol. The quantitative estimate of drug-likeness (QED) is 0.442. The van der Waals surface area contributed by atoms with Crippen molar-refractivity contribution in [3.8, 4) is 11.1 Å². The number of rotatable bonds is 4. The first-order valence-corrected chi connectivity index (χ1v) is 11.1. The van der Waals surface area contributed by atoms with Crippen molar-refractivity contribution in [2.75, 3.05) is 11.7 Å². The monoisotopic (exact) mass is 441 g/mol. The molecule has 0 fully saturated rings. The Bertz CT molecular complexity index is 1280. The molecule has 1 amide bonds. The van der Waals surface area contributed by atoms with Crippen LogP contribution in [0.4, 0.5) is 0 Å². The normalized spacial score (nSPS) is 11.0. The maximum atomic E-state index is 13.2. The zero-order chi connectivity index (χ0) is 20.5. The molecule has 0 unspecified atom stereocenters. The van der Waals surface area contributed by atoms with Crippen molar-refractivity contribution in [2.45, 2.75) is 11.8 Å². The fourth-order valence-electron chi connectivity index (χ4n) is 3.11. The van der Waals surface area contributed by atoms with E-state index in [9.17, 15) is 9.59 Å². The van der Waals surface area contributed by atoms with Crippen LogP contribution in [0.1, 0.15) is 15.2 Å². The number of nitrogens with one attached hydrogen (secondary N) is 1. The van der Waals surface area contributed by atoms with Crippen LogP contribution in [0.25, 0.3) is 21.3 Å². The number of hydrogen-bond donors (Lipinski definition) is 1. The SMILES string of the molecule is CSc1ccc(Cl)c(C(=O)Nn2cnc3sc(C)c(-c4ccccc4)c3c2=O)c1. The second kappa shape index (κ2) is 8.02. The molecule has 0 saturated heterocycles. The number of nitrogens with zero attached hydrogens (tertiary/aromatic N) is 2. The van der Waals surface area contributed by atoms with Gasteiger partial charge in [0.25, 0.3) is 11.5 Å². The molecule has 0 radical (unpaired) electrons. The van der Waals surface area contributed by atoms with E-state index in [0.717, 1.165) is 25.6 Å². The van der Waals surface area contributed by atoms with Crippen LogP contribution in [-0.2, 0) is 0 Å². The Morgan fingerprint density at radius 2 is 1.97 bits per heavy atom. The van der Waals surface area contributed by atoms with E-state index in [-0.39, 0.29) is 5.56 Å². The summed E-state index contributed by atoms with van der Waals surface area (Å²) in [5.74, 6) is -0.470. The van der Waals surface area contributed by atoms with Gasteiger partial charge in [0.1, 0.15) is 11.2 Å². The lowest BCUT2D eigenvalue weighted by Gasteiger charge is -2.10. The van der Waals surface area contributed by atoms with Crippen molar-refractivity contribution < 1.29 is 4.79 Å². The van der Waals surface area contributed by atoms with E-state index in [2.05, 4.69) is 10.4 Å². The van der Waals surface area contributed by atoms with Crippen molar-refractivity contribution in [3.63, 3.8) is 0 Å². The molecule has 4 aromatic rings. The first-order valence-electron chi connectivity index (χ1n) is 8.70. The van der Waals surface area contributed by atoms with Gasteiger partial charge < -0.3 is 0 Å². The Labute approximate surface area is 180 Å². The predicted octanol–water partition coefficient (Wildman–Crippen LogP) is 5.19. The van der Waals surface area contributed by atoms with Crippen LogP contribution in [0.2, 0.25) is 5.02 Å². The van der Waals surface area contributed by atoms with E-state index in [1.165, 1.54) is 29.4 Å². The minimum atomic E-state index is -0.470. The smallest absolute Gasteiger partial charge is 0.267 e. The molecule has 1 N–H and O–H groups in total. The molecular weight excluding hydrogens is 426 g/mol. The van der Waals surface area contributed by atoms with E-state index in [1.807, 2.05) is 49.6 Å². The molecular formula is C21H16ClN3O2S2. The van der Waals surface area contributed by atoms with Crippen molar-refractivity contribution in [3.05, 3.63) is 80.7 Å². The van der Waals surface area contributed by atoms with E-state index in [4.69, 9.17) is 11.6 Å². The van der Waals surface area contributed by atoms with Crippen LogP contribution in [0.5, 0.6) is 0 Å². The molecule has 8 heteroatoms. The zero-order valence-corrected chi connectivity index (χ0v) is 18.0. The summed E-state index contributed by atoms with van der Waals surface area (Å²) >= 11 is 9.15. The van der Waals surface area contributed by atoms with Crippen LogP contribution in [0.3, 0.4) is 0 Å². The Kier molecular flexibility index (Phi) is 5.45. The van der Waals surface area contributed by atoms with Gasteiger partial charge in [-0.1, -0.05) is 41.9 Å². The zero-order valence-electron chi connectivity index (χ0n) is 15.6. The van der Waals surface area contributed by atoms with Gasteiger partial charge in [-0.25, -0.2) is 9.66 Å². The number of aryl methyl sites for hydroxylation is 1. The van der Waals surface area contributed by atoms with Gasteiger partial charge in [-0.15, -0.1) is 23.1 Å². The number of aromatic nitrogens is 2. The number of hydrogen-bond acceptors (Lipinski definition) is 5. The van der Waals surface area contributed by atoms with Gasteiger partial charge >= 0.3 is 0 Å². The van der Waals surface area contributed by atoms with Crippen LogP contribution in [0.15, 0.2) is 64.5 Å². The number of benzene rings is 2. The molecule has 2 aromatic carbocycles. The number of fused-ring (bicyclic) bond motifs is 1.